The van der Waals surface area contributed by atoms with Gasteiger partial charge in [-0.3, -0.25) is 9.36 Å². The predicted octanol–water partition coefficient (Wildman–Crippen LogP) is 6.22. The maximum Gasteiger partial charge on any atom is 0.234 e. The second-order valence-corrected chi connectivity index (χ2v) is 9.74. The fraction of sp³-hybridized carbons (Fsp3) is 0.192. The van der Waals surface area contributed by atoms with E-state index in [1.54, 1.807) is 18.4 Å². The number of thiophene rings is 1. The molecule has 0 aliphatic heterocycles. The molecular weight excluding hydrogens is 464 g/mol. The number of ether oxygens (including phenoxy) is 1. The largest absolute Gasteiger partial charge is 0.497 e. The smallest absolute Gasteiger partial charge is 0.234 e. The number of carbonyl (C=O) groups excluding carboxylic acids is 1. The van der Waals surface area contributed by atoms with Crippen molar-refractivity contribution < 1.29 is 9.53 Å². The van der Waals surface area contributed by atoms with Gasteiger partial charge in [-0.1, -0.05) is 47.7 Å². The molecule has 0 atom stereocenters. The summed E-state index contributed by atoms with van der Waals surface area (Å²) in [6, 6.07) is 15.8. The summed E-state index contributed by atoms with van der Waals surface area (Å²) in [7, 11) is 1.61. The summed E-state index contributed by atoms with van der Waals surface area (Å²) in [5.41, 5.74) is 5.29. The number of rotatable bonds is 9. The van der Waals surface area contributed by atoms with E-state index in [1.165, 1.54) is 22.2 Å². The summed E-state index contributed by atoms with van der Waals surface area (Å²) in [5, 5.41) is 14.6. The summed E-state index contributed by atoms with van der Waals surface area (Å²) in [6.07, 6.45) is 1.82. The first-order valence-corrected chi connectivity index (χ1v) is 12.6. The van der Waals surface area contributed by atoms with E-state index in [-0.39, 0.29) is 11.7 Å². The van der Waals surface area contributed by atoms with Gasteiger partial charge in [0, 0.05) is 33.6 Å². The third-order valence-corrected chi connectivity index (χ3v) is 7.17. The SMILES string of the molecule is C=CCn1c(SCC(=O)Nc2ccc(OC)cc2)nnc1-c1csc(C)c1-c1ccc(C)cc1. The molecule has 0 radical (unpaired) electrons. The number of nitrogens with zero attached hydrogens (tertiary/aromatic N) is 3. The fourth-order valence-electron chi connectivity index (χ4n) is 3.59. The molecule has 1 amide bonds. The third kappa shape index (κ3) is 5.24. The van der Waals surface area contributed by atoms with Crippen molar-refractivity contribution >= 4 is 34.7 Å². The lowest BCUT2D eigenvalue weighted by Crippen LogP contribution is -2.14. The van der Waals surface area contributed by atoms with Gasteiger partial charge in [-0.2, -0.15) is 0 Å². The summed E-state index contributed by atoms with van der Waals surface area (Å²) in [6.45, 7) is 8.65. The zero-order valence-electron chi connectivity index (χ0n) is 19.4. The number of anilines is 1. The van der Waals surface area contributed by atoms with Crippen molar-refractivity contribution in [3.63, 3.8) is 0 Å². The van der Waals surface area contributed by atoms with Gasteiger partial charge in [0.25, 0.3) is 0 Å². The molecule has 2 heterocycles. The number of nitrogens with one attached hydrogen (secondary N) is 1. The maximum absolute atomic E-state index is 12.5. The number of hydrogen-bond donors (Lipinski definition) is 1. The van der Waals surface area contributed by atoms with Crippen molar-refractivity contribution in [2.45, 2.75) is 25.5 Å². The number of aryl methyl sites for hydroxylation is 2. The Balaban J connectivity index is 1.55. The van der Waals surface area contributed by atoms with Crippen LogP contribution in [0.5, 0.6) is 5.75 Å². The number of amides is 1. The molecular formula is C26H26N4O2S2. The molecule has 2 aromatic heterocycles. The monoisotopic (exact) mass is 490 g/mol. The molecule has 0 saturated carbocycles. The summed E-state index contributed by atoms with van der Waals surface area (Å²) in [5.74, 6) is 1.62. The quantitative estimate of drug-likeness (QED) is 0.223. The highest BCUT2D eigenvalue weighted by Crippen LogP contribution is 2.39. The van der Waals surface area contributed by atoms with Crippen LogP contribution in [0.25, 0.3) is 22.5 Å². The summed E-state index contributed by atoms with van der Waals surface area (Å²) >= 11 is 3.05. The molecule has 0 unspecified atom stereocenters. The zero-order valence-corrected chi connectivity index (χ0v) is 21.0. The maximum atomic E-state index is 12.5. The van der Waals surface area contributed by atoms with E-state index in [4.69, 9.17) is 4.74 Å². The van der Waals surface area contributed by atoms with Crippen LogP contribution in [0.1, 0.15) is 10.4 Å². The van der Waals surface area contributed by atoms with Crippen molar-refractivity contribution in [1.29, 1.82) is 0 Å². The lowest BCUT2D eigenvalue weighted by Gasteiger charge is -2.10. The standard InChI is InChI=1S/C26H26N4O2S2/c1-5-14-30-25(22-15-33-18(3)24(22)19-8-6-17(2)7-9-19)28-29-26(30)34-16-23(31)27-20-10-12-21(32-4)13-11-20/h5-13,15H,1,14,16H2,2-4H3,(H,27,31). The van der Waals surface area contributed by atoms with Gasteiger partial charge in [-0.15, -0.1) is 28.1 Å². The van der Waals surface area contributed by atoms with Crippen LogP contribution in [0.3, 0.4) is 0 Å². The lowest BCUT2D eigenvalue weighted by atomic mass is 10.0. The average molecular weight is 491 g/mol. The van der Waals surface area contributed by atoms with Gasteiger partial charge < -0.3 is 10.1 Å². The molecule has 2 aromatic carbocycles. The van der Waals surface area contributed by atoms with Crippen molar-refractivity contribution in [1.82, 2.24) is 14.8 Å². The molecule has 0 saturated heterocycles. The van der Waals surface area contributed by atoms with Crippen LogP contribution in [-0.4, -0.2) is 33.5 Å². The fourth-order valence-corrected chi connectivity index (χ4v) is 5.20. The van der Waals surface area contributed by atoms with E-state index < -0.39 is 0 Å². The van der Waals surface area contributed by atoms with Gasteiger partial charge in [-0.05, 0) is 43.7 Å². The second kappa shape index (κ2) is 10.7. The highest BCUT2D eigenvalue weighted by molar-refractivity contribution is 7.99. The first kappa shape index (κ1) is 23.8. The minimum absolute atomic E-state index is 0.114. The molecule has 174 valence electrons. The molecule has 0 bridgehead atoms. The van der Waals surface area contributed by atoms with Crippen LogP contribution >= 0.6 is 23.1 Å². The molecule has 4 rings (SSSR count). The number of hydrogen-bond acceptors (Lipinski definition) is 6. The van der Waals surface area contributed by atoms with Crippen LogP contribution in [-0.2, 0) is 11.3 Å². The van der Waals surface area contributed by atoms with E-state index in [0.717, 1.165) is 34.0 Å². The Kier molecular flexibility index (Phi) is 7.49. The van der Waals surface area contributed by atoms with E-state index >= 15 is 0 Å². The molecule has 0 fully saturated rings. The Labute approximate surface area is 207 Å². The highest BCUT2D eigenvalue weighted by Gasteiger charge is 2.20. The molecule has 4 aromatic rings. The average Bonchev–Trinajstić information content (AvgIpc) is 3.42. The van der Waals surface area contributed by atoms with Crippen molar-refractivity contribution in [3.05, 3.63) is 77.0 Å². The zero-order chi connectivity index (χ0) is 24.1. The first-order valence-electron chi connectivity index (χ1n) is 10.8. The van der Waals surface area contributed by atoms with Gasteiger partial charge in [-0.25, -0.2) is 0 Å². The molecule has 6 nitrogen and oxygen atoms in total. The Morgan fingerprint density at radius 1 is 1.15 bits per heavy atom. The summed E-state index contributed by atoms with van der Waals surface area (Å²) in [4.78, 5) is 13.7. The van der Waals surface area contributed by atoms with Crippen LogP contribution in [0.4, 0.5) is 5.69 Å². The topological polar surface area (TPSA) is 69.0 Å². The van der Waals surface area contributed by atoms with Gasteiger partial charge in [0.05, 0.1) is 12.9 Å². The van der Waals surface area contributed by atoms with Crippen LogP contribution in [0.15, 0.2) is 71.7 Å². The third-order valence-electron chi connectivity index (χ3n) is 5.29. The minimum atomic E-state index is -0.114. The van der Waals surface area contributed by atoms with E-state index in [2.05, 4.69) is 65.6 Å². The number of allylic oxidation sites excluding steroid dienone is 1. The van der Waals surface area contributed by atoms with Crippen molar-refractivity contribution in [2.24, 2.45) is 0 Å². The molecule has 0 aliphatic rings. The number of methoxy groups -OCH3 is 1. The second-order valence-electron chi connectivity index (χ2n) is 7.72. The molecule has 1 N–H and O–H groups in total. The highest BCUT2D eigenvalue weighted by atomic mass is 32.2. The van der Waals surface area contributed by atoms with E-state index in [9.17, 15) is 4.79 Å². The number of benzene rings is 2. The van der Waals surface area contributed by atoms with Gasteiger partial charge in [0.15, 0.2) is 11.0 Å². The molecule has 0 aliphatic carbocycles. The van der Waals surface area contributed by atoms with Crippen LogP contribution in [0.2, 0.25) is 0 Å². The minimum Gasteiger partial charge on any atom is -0.497 e. The Morgan fingerprint density at radius 2 is 1.88 bits per heavy atom. The van der Waals surface area contributed by atoms with Gasteiger partial charge >= 0.3 is 0 Å². The van der Waals surface area contributed by atoms with Gasteiger partial charge in [0.1, 0.15) is 5.75 Å². The van der Waals surface area contributed by atoms with Crippen LogP contribution in [0, 0.1) is 13.8 Å². The summed E-state index contributed by atoms with van der Waals surface area (Å²) < 4.78 is 7.17. The first-order chi connectivity index (χ1) is 16.5. The number of aromatic nitrogens is 3. The molecule has 8 heteroatoms. The molecule has 0 spiro atoms. The molecule has 34 heavy (non-hydrogen) atoms. The van der Waals surface area contributed by atoms with Crippen LogP contribution < -0.4 is 10.1 Å². The Bertz CT molecular complexity index is 1290. The van der Waals surface area contributed by atoms with Crippen molar-refractivity contribution in [3.8, 4) is 28.3 Å². The number of thioether (sulfide) groups is 1. The van der Waals surface area contributed by atoms with E-state index in [1.807, 2.05) is 34.9 Å². The van der Waals surface area contributed by atoms with Crippen molar-refractivity contribution in [2.75, 3.05) is 18.2 Å². The number of carbonyl (C=O) groups is 1. The predicted molar refractivity (Wildman–Crippen MR) is 141 cm³/mol. The van der Waals surface area contributed by atoms with Gasteiger partial charge in [0.2, 0.25) is 5.91 Å². The lowest BCUT2D eigenvalue weighted by molar-refractivity contribution is -0.113. The Hall–Kier alpha value is -3.36. The van der Waals surface area contributed by atoms with E-state index in [0.29, 0.717) is 11.7 Å². The Morgan fingerprint density at radius 3 is 2.56 bits per heavy atom. The normalized spacial score (nSPS) is 10.8.